The van der Waals surface area contributed by atoms with Crippen molar-refractivity contribution < 1.29 is 42.5 Å². The molecule has 2 heterocycles. The minimum Gasteiger partial charge on any atom is -0.443 e. The molecular weight excluding hydrogens is 578 g/mol. The first-order valence-electron chi connectivity index (χ1n) is 14.9. The number of sulfonamides is 1. The number of ether oxygens (including phenoxy) is 3. The number of aliphatic hydroxyl groups is 2. The Labute approximate surface area is 252 Å². The van der Waals surface area contributed by atoms with Gasteiger partial charge in [-0.25, -0.2) is 13.2 Å². The van der Waals surface area contributed by atoms with Crippen molar-refractivity contribution in [3.05, 3.63) is 60.2 Å². The Hall–Kier alpha value is -2.78. The number of alkyl carbamates (subject to hydrolysis) is 1. The molecule has 4 N–H and O–H groups in total. The maximum atomic E-state index is 13.9. The van der Waals surface area contributed by atoms with E-state index in [0.29, 0.717) is 25.1 Å². The molecule has 2 saturated heterocycles. The van der Waals surface area contributed by atoms with E-state index in [9.17, 15) is 18.3 Å². The summed E-state index contributed by atoms with van der Waals surface area (Å²) in [6.07, 6.45) is 0.952. The van der Waals surface area contributed by atoms with Gasteiger partial charge in [0.1, 0.15) is 6.10 Å². The molecule has 13 heteroatoms. The number of nitrogens with zero attached hydrogens (tertiary/aromatic N) is 1. The van der Waals surface area contributed by atoms with Crippen LogP contribution in [0.15, 0.2) is 59.5 Å². The van der Waals surface area contributed by atoms with Crippen LogP contribution in [0.2, 0.25) is 0 Å². The lowest BCUT2D eigenvalue weighted by Gasteiger charge is -2.31. The summed E-state index contributed by atoms with van der Waals surface area (Å²) in [5.74, 6) is -0.0497. The molecule has 3 fully saturated rings. The van der Waals surface area contributed by atoms with Crippen LogP contribution < -0.4 is 10.6 Å². The monoisotopic (exact) mass is 619 g/mol. The number of anilines is 1. The van der Waals surface area contributed by atoms with Crippen molar-refractivity contribution in [1.29, 1.82) is 0 Å². The Morgan fingerprint density at radius 3 is 2.63 bits per heavy atom. The average Bonchev–Trinajstić information content (AvgIpc) is 3.77. The highest BCUT2D eigenvalue weighted by atomic mass is 32.2. The first-order chi connectivity index (χ1) is 20.8. The summed E-state index contributed by atoms with van der Waals surface area (Å²) >= 11 is 0. The molecule has 5 rings (SSSR count). The van der Waals surface area contributed by atoms with Gasteiger partial charge in [0.05, 0.1) is 55.4 Å². The van der Waals surface area contributed by atoms with E-state index in [4.69, 9.17) is 24.2 Å². The number of carbonyl (C=O) groups is 1. The van der Waals surface area contributed by atoms with E-state index in [0.717, 1.165) is 29.3 Å². The maximum Gasteiger partial charge on any atom is 0.407 e. The molecule has 2 aliphatic heterocycles. The Morgan fingerprint density at radius 2 is 1.86 bits per heavy atom. The quantitative estimate of drug-likeness (QED) is 0.232. The average molecular weight is 620 g/mol. The molecular formula is C30H41N3O9S. The standard InChI is InChI=1S/C30H41N3O9S/c34-15-14-31-22-9-6-12-24(18-22)43(37,38)33(42-23-10-4-5-11-23)19-27(35)26(17-21-7-2-1-3-8-21)32-30(36)41-28-20-40-29-25(28)13-16-39-29/h1-3,6-9,12,18,23,25-29,31,34-35H,4-5,10-11,13-17,19-20H2,(H,32,36)/t25-,26+,27+,28-,29+/m1/s1. The van der Waals surface area contributed by atoms with E-state index in [-0.39, 0.29) is 49.4 Å². The van der Waals surface area contributed by atoms with Gasteiger partial charge in [0.2, 0.25) is 0 Å². The van der Waals surface area contributed by atoms with Gasteiger partial charge < -0.3 is 35.1 Å². The smallest absolute Gasteiger partial charge is 0.407 e. The summed E-state index contributed by atoms with van der Waals surface area (Å²) < 4.78 is 45.4. The number of aliphatic hydroxyl groups excluding tert-OH is 2. The van der Waals surface area contributed by atoms with Gasteiger partial charge in [0, 0.05) is 12.2 Å². The fourth-order valence-corrected chi connectivity index (χ4v) is 7.09. The molecule has 0 unspecified atom stereocenters. The third kappa shape index (κ3) is 8.24. The fourth-order valence-electron chi connectivity index (χ4n) is 5.74. The summed E-state index contributed by atoms with van der Waals surface area (Å²) in [6, 6.07) is 14.6. The topological polar surface area (TPSA) is 156 Å². The van der Waals surface area contributed by atoms with Crippen molar-refractivity contribution in [3.63, 3.8) is 0 Å². The van der Waals surface area contributed by atoms with E-state index >= 15 is 0 Å². The number of hydrogen-bond donors (Lipinski definition) is 4. The molecule has 0 spiro atoms. The minimum atomic E-state index is -4.22. The van der Waals surface area contributed by atoms with Crippen LogP contribution >= 0.6 is 0 Å². The Bertz CT molecular complexity index is 1290. The second-order valence-electron chi connectivity index (χ2n) is 11.2. The summed E-state index contributed by atoms with van der Waals surface area (Å²) in [4.78, 5) is 19.1. The predicted molar refractivity (Wildman–Crippen MR) is 156 cm³/mol. The first kappa shape index (κ1) is 31.6. The lowest BCUT2D eigenvalue weighted by Crippen LogP contribution is -2.51. The summed E-state index contributed by atoms with van der Waals surface area (Å²) in [7, 11) is -4.22. The van der Waals surface area contributed by atoms with Crippen LogP contribution in [0.25, 0.3) is 0 Å². The molecule has 0 aromatic heterocycles. The Kier molecular flexibility index (Phi) is 10.9. The molecule has 3 aliphatic rings. The molecule has 12 nitrogen and oxygen atoms in total. The summed E-state index contributed by atoms with van der Waals surface area (Å²) in [6.45, 7) is 0.492. The number of rotatable bonds is 14. The number of hydrogen-bond acceptors (Lipinski definition) is 10. The van der Waals surface area contributed by atoms with Crippen LogP contribution in [0.5, 0.6) is 0 Å². The van der Waals surface area contributed by atoms with Crippen LogP contribution in [-0.2, 0) is 35.5 Å². The maximum absolute atomic E-state index is 13.9. The largest absolute Gasteiger partial charge is 0.443 e. The molecule has 1 aliphatic carbocycles. The van der Waals surface area contributed by atoms with Gasteiger partial charge in [-0.3, -0.25) is 4.84 Å². The van der Waals surface area contributed by atoms with E-state index in [2.05, 4.69) is 10.6 Å². The molecule has 1 saturated carbocycles. The molecule has 2 aromatic carbocycles. The lowest BCUT2D eigenvalue weighted by molar-refractivity contribution is -0.145. The second kappa shape index (κ2) is 14.8. The first-order valence-corrected chi connectivity index (χ1v) is 16.3. The molecule has 0 bridgehead atoms. The van der Waals surface area contributed by atoms with Gasteiger partial charge in [-0.05, 0) is 49.4 Å². The van der Waals surface area contributed by atoms with Gasteiger partial charge in [-0.2, -0.15) is 0 Å². The number of fused-ring (bicyclic) bond motifs is 1. The highest BCUT2D eigenvalue weighted by molar-refractivity contribution is 7.89. The van der Waals surface area contributed by atoms with Crippen molar-refractivity contribution in [2.75, 3.05) is 38.2 Å². The summed E-state index contributed by atoms with van der Waals surface area (Å²) in [5.41, 5.74) is 1.36. The van der Waals surface area contributed by atoms with Gasteiger partial charge in [0.25, 0.3) is 10.0 Å². The van der Waals surface area contributed by atoms with E-state index in [1.165, 1.54) is 12.1 Å². The minimum absolute atomic E-state index is 0.0258. The third-order valence-electron chi connectivity index (χ3n) is 8.06. The molecule has 1 amide bonds. The van der Waals surface area contributed by atoms with Gasteiger partial charge in [-0.1, -0.05) is 53.7 Å². The third-order valence-corrected chi connectivity index (χ3v) is 9.68. The van der Waals surface area contributed by atoms with Crippen LogP contribution in [0.3, 0.4) is 0 Å². The lowest BCUT2D eigenvalue weighted by atomic mass is 10.0. The fraction of sp³-hybridized carbons (Fsp3) is 0.567. The SMILES string of the molecule is O=C(N[C@@H](Cc1ccccc1)[C@@H](O)CN(OC1CCCC1)S(=O)(=O)c1cccc(NCCO)c1)O[C@@H]1CO[C@@H]2OCC[C@@H]21. The van der Waals surface area contributed by atoms with Crippen LogP contribution in [0.1, 0.15) is 37.7 Å². The highest BCUT2D eigenvalue weighted by Crippen LogP contribution is 2.33. The zero-order chi connectivity index (χ0) is 30.2. The number of hydroxylamine groups is 1. The normalized spacial score (nSPS) is 23.7. The molecule has 236 valence electrons. The van der Waals surface area contributed by atoms with E-state index in [1.54, 1.807) is 12.1 Å². The summed E-state index contributed by atoms with van der Waals surface area (Å²) in [5, 5.41) is 26.4. The second-order valence-corrected chi connectivity index (χ2v) is 13.0. The number of benzene rings is 2. The molecule has 43 heavy (non-hydrogen) atoms. The van der Waals surface area contributed by atoms with Gasteiger partial charge in [-0.15, -0.1) is 0 Å². The number of nitrogens with one attached hydrogen (secondary N) is 2. The van der Waals surface area contributed by atoms with E-state index in [1.807, 2.05) is 30.3 Å². The number of carbonyl (C=O) groups excluding carboxylic acids is 1. The number of amides is 1. The van der Waals surface area contributed by atoms with Crippen molar-refractivity contribution in [2.45, 2.75) is 74.1 Å². The van der Waals surface area contributed by atoms with Crippen molar-refractivity contribution in [1.82, 2.24) is 9.79 Å². The van der Waals surface area contributed by atoms with Crippen LogP contribution in [0.4, 0.5) is 10.5 Å². The Morgan fingerprint density at radius 1 is 1.07 bits per heavy atom. The highest BCUT2D eigenvalue weighted by Gasteiger charge is 2.44. The molecule has 0 radical (unpaired) electrons. The van der Waals surface area contributed by atoms with Crippen molar-refractivity contribution >= 4 is 21.8 Å². The molecule has 5 atom stereocenters. The van der Waals surface area contributed by atoms with Crippen molar-refractivity contribution in [3.8, 4) is 0 Å². The Balaban J connectivity index is 1.34. The van der Waals surface area contributed by atoms with E-state index < -0.39 is 40.9 Å². The predicted octanol–water partition coefficient (Wildman–Crippen LogP) is 2.42. The van der Waals surface area contributed by atoms with Crippen molar-refractivity contribution in [2.24, 2.45) is 5.92 Å². The van der Waals surface area contributed by atoms with Crippen LogP contribution in [0, 0.1) is 5.92 Å². The van der Waals surface area contributed by atoms with Gasteiger partial charge in [0.15, 0.2) is 6.29 Å². The zero-order valence-electron chi connectivity index (χ0n) is 24.0. The van der Waals surface area contributed by atoms with Gasteiger partial charge >= 0.3 is 6.09 Å². The molecule has 2 aromatic rings. The van der Waals surface area contributed by atoms with Crippen LogP contribution in [-0.4, -0.2) is 92.7 Å². The zero-order valence-corrected chi connectivity index (χ0v) is 24.9.